The SMILES string of the molecule is CC(C)CC1=CC=C[C@H](O)[C@@H]1O. The Hall–Kier alpha value is -0.600. The van der Waals surface area contributed by atoms with Gasteiger partial charge in [0.15, 0.2) is 0 Å². The molecule has 1 rings (SSSR count). The van der Waals surface area contributed by atoms with Crippen molar-refractivity contribution in [3.63, 3.8) is 0 Å². The van der Waals surface area contributed by atoms with Crippen molar-refractivity contribution in [2.75, 3.05) is 0 Å². The molecule has 1 aliphatic rings. The quantitative estimate of drug-likeness (QED) is 0.651. The lowest BCUT2D eigenvalue weighted by Crippen LogP contribution is -2.28. The Morgan fingerprint density at radius 2 is 2.08 bits per heavy atom. The van der Waals surface area contributed by atoms with Gasteiger partial charge < -0.3 is 10.2 Å². The van der Waals surface area contributed by atoms with Gasteiger partial charge in [-0.3, -0.25) is 0 Å². The van der Waals surface area contributed by atoms with Crippen LogP contribution in [0.3, 0.4) is 0 Å². The molecule has 0 radical (unpaired) electrons. The molecule has 2 heteroatoms. The second-order valence-electron chi connectivity index (χ2n) is 3.66. The zero-order valence-electron chi connectivity index (χ0n) is 7.57. The molecular formula is C10H16O2. The topological polar surface area (TPSA) is 40.5 Å². The molecule has 2 N–H and O–H groups in total. The highest BCUT2D eigenvalue weighted by atomic mass is 16.3. The van der Waals surface area contributed by atoms with Crippen LogP contribution in [0.15, 0.2) is 23.8 Å². The maximum absolute atomic E-state index is 9.52. The van der Waals surface area contributed by atoms with Gasteiger partial charge in [-0.2, -0.15) is 0 Å². The van der Waals surface area contributed by atoms with E-state index in [0.29, 0.717) is 5.92 Å². The summed E-state index contributed by atoms with van der Waals surface area (Å²) in [5.74, 6) is 0.518. The van der Waals surface area contributed by atoms with Crippen molar-refractivity contribution in [3.05, 3.63) is 23.8 Å². The summed E-state index contributed by atoms with van der Waals surface area (Å²) in [5.41, 5.74) is 0.931. The van der Waals surface area contributed by atoms with E-state index in [2.05, 4.69) is 13.8 Å². The minimum absolute atomic E-state index is 0.518. The molecule has 0 aliphatic heterocycles. The normalized spacial score (nSPS) is 29.2. The van der Waals surface area contributed by atoms with Crippen molar-refractivity contribution < 1.29 is 10.2 Å². The van der Waals surface area contributed by atoms with Crippen molar-refractivity contribution in [2.45, 2.75) is 32.5 Å². The van der Waals surface area contributed by atoms with E-state index in [0.717, 1.165) is 12.0 Å². The highest BCUT2D eigenvalue weighted by Crippen LogP contribution is 2.20. The van der Waals surface area contributed by atoms with Crippen molar-refractivity contribution in [1.82, 2.24) is 0 Å². The lowest BCUT2D eigenvalue weighted by atomic mass is 9.92. The number of hydrogen-bond acceptors (Lipinski definition) is 2. The summed E-state index contributed by atoms with van der Waals surface area (Å²) in [5, 5.41) is 18.8. The molecule has 0 aromatic carbocycles. The van der Waals surface area contributed by atoms with Gasteiger partial charge in [-0.15, -0.1) is 0 Å². The first kappa shape index (κ1) is 9.49. The lowest BCUT2D eigenvalue weighted by Gasteiger charge is -2.22. The fraction of sp³-hybridized carbons (Fsp3) is 0.600. The third kappa shape index (κ3) is 2.19. The van der Waals surface area contributed by atoms with E-state index in [4.69, 9.17) is 0 Å². The largest absolute Gasteiger partial charge is 0.386 e. The maximum atomic E-state index is 9.52. The standard InChI is InChI=1S/C10H16O2/c1-7(2)6-8-4-3-5-9(11)10(8)12/h3-5,7,9-12H,6H2,1-2H3/t9-,10+/m0/s1. The summed E-state index contributed by atoms with van der Waals surface area (Å²) in [6.45, 7) is 4.19. The predicted octanol–water partition coefficient (Wildman–Crippen LogP) is 1.25. The van der Waals surface area contributed by atoms with Gasteiger partial charge in [0, 0.05) is 0 Å². The molecule has 0 fully saturated rings. The molecule has 0 heterocycles. The van der Waals surface area contributed by atoms with Gasteiger partial charge in [0.2, 0.25) is 0 Å². The zero-order chi connectivity index (χ0) is 9.14. The monoisotopic (exact) mass is 168 g/mol. The number of hydrogen-bond donors (Lipinski definition) is 2. The van der Waals surface area contributed by atoms with Crippen LogP contribution in [0.2, 0.25) is 0 Å². The van der Waals surface area contributed by atoms with Crippen LogP contribution in [0.25, 0.3) is 0 Å². The average molecular weight is 168 g/mol. The number of aliphatic hydroxyl groups is 2. The van der Waals surface area contributed by atoms with Crippen molar-refractivity contribution in [2.24, 2.45) is 5.92 Å². The Morgan fingerprint density at radius 3 is 2.67 bits per heavy atom. The van der Waals surface area contributed by atoms with E-state index < -0.39 is 12.2 Å². The molecule has 12 heavy (non-hydrogen) atoms. The van der Waals surface area contributed by atoms with Crippen molar-refractivity contribution >= 4 is 0 Å². The van der Waals surface area contributed by atoms with Crippen LogP contribution in [0.1, 0.15) is 20.3 Å². The van der Waals surface area contributed by atoms with E-state index in [9.17, 15) is 10.2 Å². The summed E-state index contributed by atoms with van der Waals surface area (Å²) >= 11 is 0. The summed E-state index contributed by atoms with van der Waals surface area (Å²) in [6.07, 6.45) is 4.73. The molecule has 0 unspecified atom stereocenters. The third-order valence-electron chi connectivity index (χ3n) is 1.97. The van der Waals surface area contributed by atoms with Gasteiger partial charge in [0.1, 0.15) is 12.2 Å². The molecule has 0 amide bonds. The minimum Gasteiger partial charge on any atom is -0.386 e. The Kier molecular flexibility index (Phi) is 3.06. The lowest BCUT2D eigenvalue weighted by molar-refractivity contribution is 0.0681. The van der Waals surface area contributed by atoms with Gasteiger partial charge in [-0.25, -0.2) is 0 Å². The predicted molar refractivity (Wildman–Crippen MR) is 48.7 cm³/mol. The van der Waals surface area contributed by atoms with E-state index in [1.807, 2.05) is 6.08 Å². The molecule has 1 aliphatic carbocycles. The number of aliphatic hydroxyl groups excluding tert-OH is 2. The molecule has 0 saturated carbocycles. The molecule has 0 spiro atoms. The first-order valence-corrected chi connectivity index (χ1v) is 4.34. The average Bonchev–Trinajstić information content (AvgIpc) is 1.98. The van der Waals surface area contributed by atoms with Gasteiger partial charge >= 0.3 is 0 Å². The maximum Gasteiger partial charge on any atom is 0.105 e. The highest BCUT2D eigenvalue weighted by Gasteiger charge is 2.20. The molecule has 2 nitrogen and oxygen atoms in total. The van der Waals surface area contributed by atoms with E-state index in [1.165, 1.54) is 0 Å². The molecule has 0 aromatic rings. The minimum atomic E-state index is -0.719. The number of allylic oxidation sites excluding steroid dienone is 2. The van der Waals surface area contributed by atoms with E-state index >= 15 is 0 Å². The van der Waals surface area contributed by atoms with Gasteiger partial charge in [-0.05, 0) is 17.9 Å². The smallest absolute Gasteiger partial charge is 0.105 e. The van der Waals surface area contributed by atoms with E-state index in [1.54, 1.807) is 12.2 Å². The van der Waals surface area contributed by atoms with Crippen LogP contribution in [0.4, 0.5) is 0 Å². The summed E-state index contributed by atoms with van der Waals surface area (Å²) < 4.78 is 0. The first-order valence-electron chi connectivity index (χ1n) is 4.34. The Bertz CT molecular complexity index is 204. The molecule has 0 saturated heterocycles. The molecule has 68 valence electrons. The second-order valence-corrected chi connectivity index (χ2v) is 3.66. The van der Waals surface area contributed by atoms with Gasteiger partial charge in [-0.1, -0.05) is 32.1 Å². The van der Waals surface area contributed by atoms with Crippen LogP contribution in [-0.2, 0) is 0 Å². The third-order valence-corrected chi connectivity index (χ3v) is 1.97. The summed E-state index contributed by atoms with van der Waals surface area (Å²) in [4.78, 5) is 0. The molecule has 0 aromatic heterocycles. The van der Waals surface area contributed by atoms with Crippen molar-refractivity contribution in [1.29, 1.82) is 0 Å². The van der Waals surface area contributed by atoms with Crippen LogP contribution in [0, 0.1) is 5.92 Å². The highest BCUT2D eigenvalue weighted by molar-refractivity contribution is 5.25. The summed E-state index contributed by atoms with van der Waals surface area (Å²) in [6, 6.07) is 0. The molecule has 2 atom stereocenters. The molecular weight excluding hydrogens is 152 g/mol. The van der Waals surface area contributed by atoms with Gasteiger partial charge in [0.05, 0.1) is 0 Å². The van der Waals surface area contributed by atoms with Crippen LogP contribution >= 0.6 is 0 Å². The van der Waals surface area contributed by atoms with Crippen LogP contribution < -0.4 is 0 Å². The van der Waals surface area contributed by atoms with E-state index in [-0.39, 0.29) is 0 Å². The van der Waals surface area contributed by atoms with Crippen LogP contribution in [0.5, 0.6) is 0 Å². The zero-order valence-corrected chi connectivity index (χ0v) is 7.57. The van der Waals surface area contributed by atoms with Crippen LogP contribution in [-0.4, -0.2) is 22.4 Å². The Balaban J connectivity index is 2.63. The van der Waals surface area contributed by atoms with Crippen molar-refractivity contribution in [3.8, 4) is 0 Å². The Labute approximate surface area is 73.2 Å². The fourth-order valence-electron chi connectivity index (χ4n) is 1.38. The van der Waals surface area contributed by atoms with Gasteiger partial charge in [0.25, 0.3) is 0 Å². The number of rotatable bonds is 2. The fourth-order valence-corrected chi connectivity index (χ4v) is 1.38. The Morgan fingerprint density at radius 1 is 1.42 bits per heavy atom. The molecule has 0 bridgehead atoms. The summed E-state index contributed by atoms with van der Waals surface area (Å²) in [7, 11) is 0. The first-order chi connectivity index (χ1) is 5.61. The second kappa shape index (κ2) is 3.87.